The number of aliphatic carboxylic acids is 1. The third-order valence-electron chi connectivity index (χ3n) is 22.7. The Hall–Kier alpha value is -11.8. The van der Waals surface area contributed by atoms with E-state index in [1.54, 1.807) is 78.1 Å². The summed E-state index contributed by atoms with van der Waals surface area (Å²) >= 11 is 1.32. The van der Waals surface area contributed by atoms with E-state index in [9.17, 15) is 82.1 Å². The summed E-state index contributed by atoms with van der Waals surface area (Å²) in [5, 5.41) is 83.9. The maximum Gasteiger partial charge on any atom is 0.326 e. The fraction of sp³-hybridized carbons (Fsp3) is 0.655. The number of hydrogen-bond donors (Lipinski definition) is 26. The summed E-state index contributed by atoms with van der Waals surface area (Å²) in [6.45, 7) is 9.49. The van der Waals surface area contributed by atoms with E-state index in [4.69, 9.17) is 44.9 Å². The Kier molecular flexibility index (Phi) is 46.7. The maximum atomic E-state index is 15.2. The highest BCUT2D eigenvalue weighted by Crippen LogP contribution is 2.28. The van der Waals surface area contributed by atoms with Gasteiger partial charge in [0, 0.05) is 81.9 Å². The molecule has 16 amide bonds. The molecule has 0 aliphatic carbocycles. The van der Waals surface area contributed by atoms with E-state index in [2.05, 4.69) is 89.7 Å². The number of nitrogens with one attached hydrogen (secondary N) is 19. The second-order valence-corrected chi connectivity index (χ2v) is 38.2. The Balaban J connectivity index is 1.22. The van der Waals surface area contributed by atoms with Crippen molar-refractivity contribution in [2.45, 2.75) is 260 Å². The second kappa shape index (κ2) is 56.4. The van der Waals surface area contributed by atoms with Crippen molar-refractivity contribution in [3.8, 4) is 0 Å². The number of aliphatic hydroxyl groups excluding tert-OH is 1. The molecule has 134 heavy (non-hydrogen) atoms. The molecule has 0 radical (unpaired) electrons. The van der Waals surface area contributed by atoms with Crippen molar-refractivity contribution in [3.05, 3.63) is 54.1 Å². The van der Waals surface area contributed by atoms with Crippen molar-refractivity contribution in [2.75, 3.05) is 69.4 Å². The summed E-state index contributed by atoms with van der Waals surface area (Å²) in [5.74, 6) is -17.5. The molecule has 5 heterocycles. The van der Waals surface area contributed by atoms with Crippen molar-refractivity contribution in [1.29, 1.82) is 16.2 Å². The lowest BCUT2D eigenvalue weighted by Gasteiger charge is -2.33. The standard InChI is InChI=1S/C84H136N28O19S3/c1-44(2)35-55-71(120)101-53(25-26-64(86)114)69(118)99-50(19-11-28-94-82(87)88)67(116)98-51(20-12-29-95-83(89)90)68(117)108-60(42-134-133-41-49(85)66(115)103-55)75(124)102-54(27-34-132-7)78(127)110-31-14-22-61(110)76(125)105-56(36-45(3)4)72(121)104-57(38-48-39-93-43-97-48)73(122)107-59(40-113)74(123)100-52(21-13-30-96-84(91)92)70(119)109-65(46(5)6)80(129)111-32-15-23-62(111)77(126)106-58(37-47-17-9-8-10-18-47)79(128)112-33-16-24-63(112)81(130)131/h8-10,17-18,39,43-46,49-63,65,113H,11-16,19-38,40-42,85H2,1-7H3,(H2,86,114)(H,93,97)(H,98,116)(H,99,118)(H,100,123)(H,101,120)(H,102,124)(H,103,115)(H,104,121)(H,105,125)(H,106,126)(H,107,122)(H,108,117)(H,109,119)(H,130,131)(H4,87,88,94)(H4,89,90,95)(H4,91,92,96)/t49-,50-,51-,52-,53-,54-,55-,56-,57-,58-,59-,60-,61-,62-,63-,65-/m1/s1. The van der Waals surface area contributed by atoms with Crippen LogP contribution in [0.25, 0.3) is 0 Å². The number of aromatic nitrogens is 2. The molecule has 744 valence electrons. The number of H-pyrrole nitrogens is 1. The van der Waals surface area contributed by atoms with Crippen LogP contribution in [-0.2, 0) is 94.3 Å². The fourth-order valence-corrected chi connectivity index (χ4v) is 18.4. The topological polar surface area (TPSA) is 751 Å². The minimum absolute atomic E-state index is 0.00640. The van der Waals surface area contributed by atoms with E-state index in [1.807, 2.05) is 0 Å². The van der Waals surface area contributed by atoms with Gasteiger partial charge in [-0.15, -0.1) is 0 Å². The van der Waals surface area contributed by atoms with E-state index in [0.29, 0.717) is 24.1 Å². The minimum Gasteiger partial charge on any atom is -0.480 e. The van der Waals surface area contributed by atoms with Crippen LogP contribution in [0, 0.1) is 34.0 Å². The van der Waals surface area contributed by atoms with E-state index >= 15 is 9.59 Å². The molecule has 47 nitrogen and oxygen atoms in total. The molecule has 0 spiro atoms. The Labute approximate surface area is 790 Å². The number of benzene rings is 1. The molecule has 50 heteroatoms. The van der Waals surface area contributed by atoms with Gasteiger partial charge < -0.3 is 138 Å². The Morgan fingerprint density at radius 1 is 0.522 bits per heavy atom. The van der Waals surface area contributed by atoms with Crippen LogP contribution in [-0.4, -0.2) is 319 Å². The number of guanidine groups is 3. The van der Waals surface area contributed by atoms with Gasteiger partial charge in [0.15, 0.2) is 17.9 Å². The summed E-state index contributed by atoms with van der Waals surface area (Å²) in [4.78, 5) is 255. The van der Waals surface area contributed by atoms with E-state index in [1.165, 1.54) is 39.0 Å². The molecule has 4 aliphatic heterocycles. The van der Waals surface area contributed by atoms with Crippen LogP contribution in [0.15, 0.2) is 42.9 Å². The molecule has 1 aromatic carbocycles. The summed E-state index contributed by atoms with van der Waals surface area (Å²) in [7, 11) is 2.00. The number of hydrogen-bond acceptors (Lipinski definition) is 26. The van der Waals surface area contributed by atoms with Crippen LogP contribution >= 0.6 is 33.3 Å². The summed E-state index contributed by atoms with van der Waals surface area (Å²) in [6, 6.07) is -13.8. The van der Waals surface area contributed by atoms with E-state index in [-0.39, 0.29) is 171 Å². The van der Waals surface area contributed by atoms with Crippen LogP contribution in [0.3, 0.4) is 0 Å². The Morgan fingerprint density at radius 2 is 0.993 bits per heavy atom. The van der Waals surface area contributed by atoms with Gasteiger partial charge in [-0.25, -0.2) is 9.78 Å². The molecule has 16 atom stereocenters. The first-order chi connectivity index (χ1) is 63.6. The number of nitrogens with two attached hydrogens (primary N) is 5. The van der Waals surface area contributed by atoms with Gasteiger partial charge in [-0.1, -0.05) is 93.5 Å². The van der Waals surface area contributed by atoms with Gasteiger partial charge in [0.1, 0.15) is 90.6 Å². The molecule has 0 bridgehead atoms. The molecule has 6 rings (SSSR count). The lowest BCUT2D eigenvalue weighted by molar-refractivity contribution is -0.150. The number of carboxylic acid groups (broad SMARTS) is 1. The molecular formula is C84H136N28O19S3. The number of carboxylic acids is 1. The SMILES string of the molecule is CSCC[C@@H](NC(=O)[C@H]1CSSC[C@@H](N)C(=O)N[C@H](CC(C)C)C(=O)N[C@H](CCC(N)=O)C(=O)N[C@H](CCCNC(=N)N)C(=O)N[C@H](CCCNC(=N)N)C(=O)N1)C(=O)N1CCC[C@@H]1C(=O)N[C@H](CC(C)C)C(=O)N[C@H](Cc1cnc[nH]1)C(=O)N[C@H](CO)C(=O)N[C@H](CCCNC(=N)N)C(=O)N[C@@H](C(=O)N1CCC[C@@H]1C(=O)N[C@H](Cc1ccccc1)C(=O)N1CCC[C@@H]1C(=O)O)C(C)C. The normalized spacial score (nSPS) is 21.4. The van der Waals surface area contributed by atoms with Gasteiger partial charge in [0.05, 0.1) is 19.0 Å². The van der Waals surface area contributed by atoms with Gasteiger partial charge in [0.2, 0.25) is 94.5 Å². The van der Waals surface area contributed by atoms with Crippen LogP contribution < -0.4 is 108 Å². The predicted octanol–water partition coefficient (Wildman–Crippen LogP) is -5.66. The number of primary amides is 1. The van der Waals surface area contributed by atoms with Gasteiger partial charge in [-0.05, 0) is 138 Å². The highest BCUT2D eigenvalue weighted by Gasteiger charge is 2.46. The largest absolute Gasteiger partial charge is 0.480 e. The molecule has 4 saturated heterocycles. The predicted molar refractivity (Wildman–Crippen MR) is 500 cm³/mol. The molecule has 4 fully saturated rings. The lowest BCUT2D eigenvalue weighted by atomic mass is 10.00. The van der Waals surface area contributed by atoms with Crippen molar-refractivity contribution in [3.63, 3.8) is 0 Å². The molecule has 31 N–H and O–H groups in total. The third kappa shape index (κ3) is 36.5. The molecule has 0 saturated carbocycles. The number of likely N-dealkylation sites (tertiary alicyclic amines) is 3. The number of carbonyl (C=O) groups is 17. The van der Waals surface area contributed by atoms with Gasteiger partial charge in [0.25, 0.3) is 0 Å². The minimum atomic E-state index is -1.85. The molecule has 1 aromatic heterocycles. The molecular weight excluding hydrogens is 1800 g/mol. The van der Waals surface area contributed by atoms with Crippen LogP contribution in [0.2, 0.25) is 0 Å². The highest BCUT2D eigenvalue weighted by molar-refractivity contribution is 8.76. The monoisotopic (exact) mass is 1940 g/mol. The number of aromatic amines is 1. The first kappa shape index (κ1) is 111. The number of nitrogens with zero attached hydrogens (tertiary/aromatic N) is 4. The number of amides is 16. The smallest absolute Gasteiger partial charge is 0.326 e. The van der Waals surface area contributed by atoms with Gasteiger partial charge in [-0.3, -0.25) is 92.9 Å². The highest BCUT2D eigenvalue weighted by atomic mass is 33.1. The van der Waals surface area contributed by atoms with E-state index in [0.717, 1.165) is 21.6 Å². The lowest BCUT2D eigenvalue weighted by Crippen LogP contribution is -2.62. The van der Waals surface area contributed by atoms with Gasteiger partial charge >= 0.3 is 5.97 Å². The molecule has 0 unspecified atom stereocenters. The zero-order valence-corrected chi connectivity index (χ0v) is 79.2. The van der Waals surface area contributed by atoms with Crippen molar-refractivity contribution in [2.24, 2.45) is 46.4 Å². The number of aliphatic hydroxyl groups is 1. The Morgan fingerprint density at radius 3 is 1.51 bits per heavy atom. The average molecular weight is 1940 g/mol. The second-order valence-electron chi connectivity index (χ2n) is 34.6. The first-order valence-electron chi connectivity index (χ1n) is 45.0. The third-order valence-corrected chi connectivity index (χ3v) is 25.8. The number of thioether (sulfide) groups is 1. The zero-order chi connectivity index (χ0) is 99.0. The summed E-state index contributed by atoms with van der Waals surface area (Å²) < 4.78 is 0. The Bertz CT molecular complexity index is 4370. The van der Waals surface area contributed by atoms with Gasteiger partial charge in [-0.2, -0.15) is 11.8 Å². The van der Waals surface area contributed by atoms with Crippen LogP contribution in [0.5, 0.6) is 0 Å². The summed E-state index contributed by atoms with van der Waals surface area (Å²) in [5.41, 5.74) is 29.6. The van der Waals surface area contributed by atoms with Crippen molar-refractivity contribution >= 4 is 152 Å². The number of rotatable bonds is 46. The number of carbonyl (C=O) groups excluding carboxylic acids is 16. The van der Waals surface area contributed by atoms with Crippen molar-refractivity contribution < 1.29 is 91.7 Å². The average Bonchev–Trinajstić information content (AvgIpc) is 1.64. The zero-order valence-electron chi connectivity index (χ0n) is 76.8. The van der Waals surface area contributed by atoms with Crippen molar-refractivity contribution in [1.82, 2.24) is 104 Å². The maximum absolute atomic E-state index is 15.2. The summed E-state index contributed by atoms with van der Waals surface area (Å²) in [6.07, 6.45) is 4.38. The number of imidazole rings is 1. The van der Waals surface area contributed by atoms with Crippen LogP contribution in [0.4, 0.5) is 0 Å². The van der Waals surface area contributed by atoms with E-state index < -0.39 is 234 Å². The quantitative estimate of drug-likeness (QED) is 0.0127. The fourth-order valence-electron chi connectivity index (χ4n) is 15.6. The van der Waals surface area contributed by atoms with Crippen LogP contribution in [0.1, 0.15) is 162 Å². The first-order valence-corrected chi connectivity index (χ1v) is 48.9. The molecule has 4 aliphatic rings. The molecule has 2 aromatic rings.